The molecule has 2 aromatic rings. The van der Waals surface area contributed by atoms with Crippen LogP contribution in [0.25, 0.3) is 5.82 Å². The molecular weight excluding hydrogens is 305 g/mol. The summed E-state index contributed by atoms with van der Waals surface area (Å²) in [6.07, 6.45) is 0. The second kappa shape index (κ2) is 4.99. The maximum Gasteiger partial charge on any atom is 0.330 e. The van der Waals surface area contributed by atoms with Gasteiger partial charge in [0.2, 0.25) is 5.15 Å². The zero-order valence-electron chi connectivity index (χ0n) is 11.0. The number of rotatable bonds is 2. The van der Waals surface area contributed by atoms with Gasteiger partial charge in [-0.2, -0.15) is 9.78 Å². The van der Waals surface area contributed by atoms with Crippen molar-refractivity contribution in [3.63, 3.8) is 0 Å². The Morgan fingerprint density at radius 3 is 2.30 bits per heavy atom. The van der Waals surface area contributed by atoms with Gasteiger partial charge in [0.15, 0.2) is 11.0 Å². The van der Waals surface area contributed by atoms with E-state index in [0.29, 0.717) is 0 Å². The van der Waals surface area contributed by atoms with Crippen molar-refractivity contribution in [1.82, 2.24) is 20.0 Å². The zero-order chi connectivity index (χ0) is 15.1. The largest absolute Gasteiger partial charge is 0.330 e. The molecule has 0 N–H and O–H groups in total. The van der Waals surface area contributed by atoms with Crippen LogP contribution in [-0.2, 0) is 5.41 Å². The highest BCUT2D eigenvalue weighted by molar-refractivity contribution is 6.32. The second-order valence-electron chi connectivity index (χ2n) is 5.12. The minimum Gasteiger partial charge on any atom is -0.258 e. The van der Waals surface area contributed by atoms with Crippen LogP contribution in [0.4, 0.5) is 5.69 Å². The summed E-state index contributed by atoms with van der Waals surface area (Å²) in [4.78, 5) is 10.7. The van der Waals surface area contributed by atoms with E-state index in [-0.39, 0.29) is 27.5 Å². The molecule has 0 aliphatic heterocycles. The molecule has 0 aromatic carbocycles. The molecule has 0 saturated heterocycles. The molecule has 0 amide bonds. The second-order valence-corrected chi connectivity index (χ2v) is 5.87. The zero-order valence-corrected chi connectivity index (χ0v) is 12.5. The summed E-state index contributed by atoms with van der Waals surface area (Å²) in [5, 5.41) is 23.0. The third kappa shape index (κ3) is 2.59. The van der Waals surface area contributed by atoms with Crippen molar-refractivity contribution >= 4 is 28.9 Å². The van der Waals surface area contributed by atoms with E-state index in [1.807, 2.05) is 20.8 Å². The quantitative estimate of drug-likeness (QED) is 0.627. The van der Waals surface area contributed by atoms with E-state index in [9.17, 15) is 10.1 Å². The fourth-order valence-corrected chi connectivity index (χ4v) is 2.01. The van der Waals surface area contributed by atoms with Crippen LogP contribution in [-0.4, -0.2) is 24.9 Å². The molecule has 0 aliphatic rings. The topological polar surface area (TPSA) is 86.7 Å². The summed E-state index contributed by atoms with van der Waals surface area (Å²) in [7, 11) is 0. The van der Waals surface area contributed by atoms with Crippen molar-refractivity contribution in [2.45, 2.75) is 26.2 Å². The monoisotopic (exact) mass is 315 g/mol. The lowest BCUT2D eigenvalue weighted by atomic mass is 9.91. The molecule has 0 saturated carbocycles. The van der Waals surface area contributed by atoms with Crippen LogP contribution in [0, 0.1) is 10.1 Å². The molecule has 0 atom stereocenters. The Morgan fingerprint density at radius 2 is 1.90 bits per heavy atom. The number of halogens is 2. The Balaban J connectivity index is 2.67. The van der Waals surface area contributed by atoms with Crippen LogP contribution in [0.1, 0.15) is 26.5 Å². The minimum absolute atomic E-state index is 0.114. The summed E-state index contributed by atoms with van der Waals surface area (Å²) in [6, 6.07) is 3.04. The SMILES string of the molecule is CC(C)(C)c1nn(-c2ccc(Cl)nn2)c(Cl)c1[N+](=O)[O-]. The normalized spacial score (nSPS) is 11.7. The summed E-state index contributed by atoms with van der Waals surface area (Å²) in [5.74, 6) is 0.262. The van der Waals surface area contributed by atoms with Gasteiger partial charge >= 0.3 is 5.69 Å². The standard InChI is InChI=1S/C11H11Cl2N5O2/c1-11(2,3)9-8(18(19)20)10(13)17(16-9)7-5-4-6(12)14-15-7/h4-5H,1-3H3. The van der Waals surface area contributed by atoms with Crippen molar-refractivity contribution in [2.24, 2.45) is 0 Å². The van der Waals surface area contributed by atoms with Crippen LogP contribution >= 0.6 is 23.2 Å². The fraction of sp³-hybridized carbons (Fsp3) is 0.364. The van der Waals surface area contributed by atoms with Gasteiger partial charge in [0, 0.05) is 5.41 Å². The van der Waals surface area contributed by atoms with Gasteiger partial charge in [0.05, 0.1) is 4.92 Å². The number of nitrogens with zero attached hydrogens (tertiary/aromatic N) is 5. The van der Waals surface area contributed by atoms with Crippen molar-refractivity contribution in [1.29, 1.82) is 0 Å². The summed E-state index contributed by atoms with van der Waals surface area (Å²) in [5.41, 5.74) is -0.475. The lowest BCUT2D eigenvalue weighted by molar-refractivity contribution is -0.385. The average Bonchev–Trinajstić information content (AvgIpc) is 2.68. The Bertz CT molecular complexity index is 661. The lowest BCUT2D eigenvalue weighted by Crippen LogP contribution is -2.14. The summed E-state index contributed by atoms with van der Waals surface area (Å²) < 4.78 is 1.18. The first-order chi connectivity index (χ1) is 9.21. The smallest absolute Gasteiger partial charge is 0.258 e. The molecule has 2 rings (SSSR count). The third-order valence-corrected chi connectivity index (χ3v) is 3.07. The molecule has 7 nitrogen and oxygen atoms in total. The first-order valence-electron chi connectivity index (χ1n) is 5.65. The van der Waals surface area contributed by atoms with Gasteiger partial charge < -0.3 is 0 Å². The highest BCUT2D eigenvalue weighted by Gasteiger charge is 2.34. The Hall–Kier alpha value is -1.73. The van der Waals surface area contributed by atoms with Gasteiger partial charge in [-0.1, -0.05) is 44.0 Å². The molecular formula is C11H11Cl2N5O2. The molecule has 106 valence electrons. The van der Waals surface area contributed by atoms with E-state index >= 15 is 0 Å². The molecule has 20 heavy (non-hydrogen) atoms. The van der Waals surface area contributed by atoms with Crippen LogP contribution in [0.15, 0.2) is 12.1 Å². The molecule has 2 aromatic heterocycles. The van der Waals surface area contributed by atoms with E-state index in [0.717, 1.165) is 0 Å². The van der Waals surface area contributed by atoms with Crippen molar-refractivity contribution in [3.05, 3.63) is 38.2 Å². The lowest BCUT2D eigenvalue weighted by Gasteiger charge is -2.13. The first kappa shape index (κ1) is 14.7. The summed E-state index contributed by atoms with van der Waals surface area (Å²) in [6.45, 7) is 5.45. The van der Waals surface area contributed by atoms with Gasteiger partial charge in [-0.15, -0.1) is 10.2 Å². The van der Waals surface area contributed by atoms with Crippen LogP contribution < -0.4 is 0 Å². The minimum atomic E-state index is -0.546. The number of hydrogen-bond acceptors (Lipinski definition) is 5. The average molecular weight is 316 g/mol. The third-order valence-electron chi connectivity index (χ3n) is 2.53. The fourth-order valence-electron chi connectivity index (χ4n) is 1.63. The van der Waals surface area contributed by atoms with Gasteiger partial charge in [-0.25, -0.2) is 0 Å². The Morgan fingerprint density at radius 1 is 1.25 bits per heavy atom. The molecule has 0 bridgehead atoms. The predicted octanol–water partition coefficient (Wildman–Crippen LogP) is 3.17. The number of nitro groups is 1. The summed E-state index contributed by atoms with van der Waals surface area (Å²) >= 11 is 11.7. The van der Waals surface area contributed by atoms with E-state index in [1.165, 1.54) is 16.8 Å². The van der Waals surface area contributed by atoms with Gasteiger partial charge in [0.1, 0.15) is 5.69 Å². The van der Waals surface area contributed by atoms with Crippen molar-refractivity contribution < 1.29 is 4.92 Å². The van der Waals surface area contributed by atoms with E-state index < -0.39 is 10.3 Å². The molecule has 0 fully saturated rings. The van der Waals surface area contributed by atoms with E-state index in [1.54, 1.807) is 0 Å². The van der Waals surface area contributed by atoms with Gasteiger partial charge in [-0.3, -0.25) is 10.1 Å². The molecule has 2 heterocycles. The number of hydrogen-bond donors (Lipinski definition) is 0. The van der Waals surface area contributed by atoms with Gasteiger partial charge in [0.25, 0.3) is 0 Å². The maximum absolute atomic E-state index is 11.2. The highest BCUT2D eigenvalue weighted by Crippen LogP contribution is 2.36. The molecule has 0 spiro atoms. The van der Waals surface area contributed by atoms with Crippen LogP contribution in [0.5, 0.6) is 0 Å². The van der Waals surface area contributed by atoms with E-state index in [4.69, 9.17) is 23.2 Å². The highest BCUT2D eigenvalue weighted by atomic mass is 35.5. The van der Waals surface area contributed by atoms with Crippen molar-refractivity contribution in [2.75, 3.05) is 0 Å². The van der Waals surface area contributed by atoms with Crippen molar-refractivity contribution in [3.8, 4) is 5.82 Å². The number of aromatic nitrogens is 4. The predicted molar refractivity (Wildman–Crippen MR) is 74.5 cm³/mol. The Labute approximate surface area is 124 Å². The van der Waals surface area contributed by atoms with Gasteiger partial charge in [-0.05, 0) is 12.1 Å². The van der Waals surface area contributed by atoms with Crippen LogP contribution in [0.3, 0.4) is 0 Å². The van der Waals surface area contributed by atoms with E-state index in [2.05, 4.69) is 15.3 Å². The molecule has 9 heteroatoms. The first-order valence-corrected chi connectivity index (χ1v) is 6.40. The Kier molecular flexibility index (Phi) is 3.66. The molecule has 0 aliphatic carbocycles. The maximum atomic E-state index is 11.2. The molecule has 0 radical (unpaired) electrons. The molecule has 0 unspecified atom stereocenters. The van der Waals surface area contributed by atoms with Crippen LogP contribution in [0.2, 0.25) is 10.3 Å².